The first-order valence-electron chi connectivity index (χ1n) is 17.0. The first-order chi connectivity index (χ1) is 24.8. The van der Waals surface area contributed by atoms with Gasteiger partial charge in [-0.3, -0.25) is 24.5 Å². The number of carbonyl (C=O) groups is 5. The summed E-state index contributed by atoms with van der Waals surface area (Å²) < 4.78 is 5.13. The molecule has 0 aliphatic heterocycles. The summed E-state index contributed by atoms with van der Waals surface area (Å²) in [5, 5.41) is 46.8. The molecule has 3 unspecified atom stereocenters. The van der Waals surface area contributed by atoms with Crippen LogP contribution in [-0.4, -0.2) is 83.1 Å². The molecule has 0 spiro atoms. The smallest absolute Gasteiger partial charge is 0.327 e. The number of carboxylic acid groups (broad SMARTS) is 2. The minimum atomic E-state index is -1.39. The van der Waals surface area contributed by atoms with Gasteiger partial charge in [-0.1, -0.05) is 46.8 Å². The second-order valence-electron chi connectivity index (χ2n) is 14.0. The molecule has 2 rings (SSSR count). The first-order valence-corrected chi connectivity index (χ1v) is 17.0. The maximum absolute atomic E-state index is 13.2. The van der Waals surface area contributed by atoms with E-state index in [1.54, 1.807) is 48.5 Å². The number of methoxy groups -OCH3 is 1. The Balaban J connectivity index is 1.98. The number of carboxylic acids is 2. The van der Waals surface area contributed by atoms with Gasteiger partial charge in [-0.2, -0.15) is 0 Å². The molecule has 0 aliphatic rings. The Morgan fingerprint density at radius 3 is 1.87 bits per heavy atom. The zero-order chi connectivity index (χ0) is 39.7. The van der Waals surface area contributed by atoms with Crippen LogP contribution in [0.5, 0.6) is 5.75 Å². The van der Waals surface area contributed by atoms with Gasteiger partial charge in [0.25, 0.3) is 6.20 Å². The normalized spacial score (nSPS) is 13.2. The Morgan fingerprint density at radius 2 is 1.38 bits per heavy atom. The van der Waals surface area contributed by atoms with Crippen molar-refractivity contribution in [2.75, 3.05) is 30.8 Å². The van der Waals surface area contributed by atoms with Gasteiger partial charge >= 0.3 is 11.9 Å². The summed E-state index contributed by atoms with van der Waals surface area (Å²) in [5.74, 6) is -3.49. The number of carbonyl (C=O) groups excluding carboxylic acids is 3. The highest BCUT2D eigenvalue weighted by molar-refractivity contribution is 5.91. The summed E-state index contributed by atoms with van der Waals surface area (Å²) in [6, 6.07) is 9.73. The number of ether oxygens (including phenoxy) is 1. The van der Waals surface area contributed by atoms with Crippen LogP contribution in [0.4, 0.5) is 11.4 Å². The third-order valence-electron chi connectivity index (χ3n) is 7.46. The number of hydrogen-bond acceptors (Lipinski definition) is 11. The Bertz CT molecular complexity index is 1590. The van der Waals surface area contributed by atoms with E-state index in [-0.39, 0.29) is 55.9 Å². The fraction of sp³-hybridized carbons (Fsp3) is 0.472. The Morgan fingerprint density at radius 1 is 0.830 bits per heavy atom. The summed E-state index contributed by atoms with van der Waals surface area (Å²) in [6.07, 6.45) is 1.01. The monoisotopic (exact) mass is 741 g/mol. The third-order valence-corrected chi connectivity index (χ3v) is 7.46. The molecule has 0 bridgehead atoms. The molecule has 290 valence electrons. The summed E-state index contributed by atoms with van der Waals surface area (Å²) in [7, 11) is 1.53. The van der Waals surface area contributed by atoms with Gasteiger partial charge in [0.15, 0.2) is 5.82 Å². The highest BCUT2D eigenvalue weighted by Gasteiger charge is 2.28. The number of nitrogens with one attached hydrogen (secondary N) is 6. The number of hydrogen-bond donors (Lipinski definition) is 8. The van der Waals surface area contributed by atoms with E-state index in [1.807, 2.05) is 34.6 Å². The van der Waals surface area contributed by atoms with Crippen molar-refractivity contribution in [3.63, 3.8) is 0 Å². The van der Waals surface area contributed by atoms with Crippen molar-refractivity contribution >= 4 is 41.0 Å². The summed E-state index contributed by atoms with van der Waals surface area (Å²) in [4.78, 5) is 72.7. The zero-order valence-electron chi connectivity index (χ0n) is 30.9. The molecular weight excluding hydrogens is 690 g/mol. The fourth-order valence-corrected chi connectivity index (χ4v) is 4.98. The molecule has 3 amide bonds. The van der Waals surface area contributed by atoms with E-state index in [0.29, 0.717) is 22.7 Å². The Kier molecular flexibility index (Phi) is 17.2. The second-order valence-corrected chi connectivity index (χ2v) is 14.0. The van der Waals surface area contributed by atoms with Gasteiger partial charge in [0.2, 0.25) is 17.7 Å². The minimum Gasteiger partial charge on any atom is -0.497 e. The van der Waals surface area contributed by atoms with Crippen LogP contribution in [0.1, 0.15) is 59.4 Å². The standard InChI is InChI=1S/C36H51N7O10/c1-22(2)17-28(33(46)42-29(35(49)50)20-37-16-15-27(34(47)48)40-32(45)19-36(3,4)5)41-31(44)18-23-7-9-24(10-8-23)38-30(21-43(51)52)39-25-11-13-26(53-6)14-12-25/h7-14,21-22,27-29,37-39H,15-20H2,1-6H3,(H,40,45)(H,41,44)(H,42,46)(H,47,48)(H,49,50)/b30-21+. The van der Waals surface area contributed by atoms with Crippen LogP contribution in [-0.2, 0) is 30.4 Å². The largest absolute Gasteiger partial charge is 0.497 e. The number of amides is 3. The zero-order valence-corrected chi connectivity index (χ0v) is 30.9. The fourth-order valence-electron chi connectivity index (χ4n) is 4.98. The topological polar surface area (TPSA) is 250 Å². The molecule has 0 saturated carbocycles. The summed E-state index contributed by atoms with van der Waals surface area (Å²) in [5.41, 5.74) is 1.32. The highest BCUT2D eigenvalue weighted by atomic mass is 16.6. The molecule has 0 radical (unpaired) electrons. The van der Waals surface area contributed by atoms with E-state index < -0.39 is 52.7 Å². The molecule has 0 fully saturated rings. The highest BCUT2D eigenvalue weighted by Crippen LogP contribution is 2.20. The SMILES string of the molecule is COc1ccc(N/C(=C/[N+](=O)[O-])Nc2ccc(CC(=O)NC(CC(C)C)C(=O)NC(CNCCC(NC(=O)CC(C)(C)C)C(=O)O)C(=O)O)cc2)cc1. The van der Waals surface area contributed by atoms with Gasteiger partial charge in [0, 0.05) is 24.3 Å². The number of anilines is 2. The Labute approximate surface area is 308 Å². The van der Waals surface area contributed by atoms with Crippen molar-refractivity contribution in [1.82, 2.24) is 21.3 Å². The van der Waals surface area contributed by atoms with Gasteiger partial charge in [0.1, 0.15) is 23.9 Å². The molecule has 0 aromatic heterocycles. The van der Waals surface area contributed by atoms with Gasteiger partial charge in [-0.05, 0) is 72.7 Å². The van der Waals surface area contributed by atoms with Crippen molar-refractivity contribution in [2.45, 2.75) is 78.4 Å². The molecule has 2 aromatic rings. The van der Waals surface area contributed by atoms with E-state index >= 15 is 0 Å². The lowest BCUT2D eigenvalue weighted by atomic mass is 9.92. The summed E-state index contributed by atoms with van der Waals surface area (Å²) in [6.45, 7) is 9.05. The molecule has 53 heavy (non-hydrogen) atoms. The number of rotatable bonds is 22. The van der Waals surface area contributed by atoms with Crippen LogP contribution in [0, 0.1) is 21.4 Å². The molecule has 0 saturated heterocycles. The predicted molar refractivity (Wildman–Crippen MR) is 198 cm³/mol. The van der Waals surface area contributed by atoms with Crippen molar-refractivity contribution in [3.8, 4) is 5.75 Å². The van der Waals surface area contributed by atoms with Crippen LogP contribution >= 0.6 is 0 Å². The maximum atomic E-state index is 13.2. The summed E-state index contributed by atoms with van der Waals surface area (Å²) >= 11 is 0. The maximum Gasteiger partial charge on any atom is 0.327 e. The lowest BCUT2D eigenvalue weighted by Crippen LogP contribution is -2.55. The molecule has 17 nitrogen and oxygen atoms in total. The van der Waals surface area contributed by atoms with Crippen molar-refractivity contribution in [2.24, 2.45) is 11.3 Å². The second kappa shape index (κ2) is 21.0. The number of aliphatic carboxylic acids is 2. The van der Waals surface area contributed by atoms with E-state index in [1.165, 1.54) is 7.11 Å². The first kappa shape index (κ1) is 43.5. The average Bonchev–Trinajstić information content (AvgIpc) is 3.04. The average molecular weight is 742 g/mol. The van der Waals surface area contributed by atoms with Crippen LogP contribution in [0.3, 0.4) is 0 Å². The molecule has 8 N–H and O–H groups in total. The predicted octanol–water partition coefficient (Wildman–Crippen LogP) is 2.92. The number of nitro groups is 1. The van der Waals surface area contributed by atoms with Crippen LogP contribution in [0.2, 0.25) is 0 Å². The van der Waals surface area contributed by atoms with Gasteiger partial charge in [0.05, 0.1) is 18.5 Å². The van der Waals surface area contributed by atoms with Crippen LogP contribution in [0.15, 0.2) is 60.6 Å². The number of nitrogens with zero attached hydrogens (tertiary/aromatic N) is 1. The Hall–Kier alpha value is -5.71. The van der Waals surface area contributed by atoms with Crippen molar-refractivity contribution < 1.29 is 43.8 Å². The molecule has 0 aliphatic carbocycles. The number of benzene rings is 2. The van der Waals surface area contributed by atoms with Crippen molar-refractivity contribution in [3.05, 3.63) is 76.2 Å². The molecule has 3 atom stereocenters. The van der Waals surface area contributed by atoms with E-state index in [9.17, 15) is 44.3 Å². The molecule has 2 aromatic carbocycles. The molecular formula is C36H51N7O10. The van der Waals surface area contributed by atoms with Crippen LogP contribution in [0.25, 0.3) is 0 Å². The van der Waals surface area contributed by atoms with E-state index in [2.05, 4.69) is 31.9 Å². The van der Waals surface area contributed by atoms with Gasteiger partial charge in [-0.25, -0.2) is 9.59 Å². The van der Waals surface area contributed by atoms with E-state index in [4.69, 9.17) is 4.74 Å². The lowest BCUT2D eigenvalue weighted by Gasteiger charge is -2.23. The van der Waals surface area contributed by atoms with E-state index in [0.717, 1.165) is 6.20 Å². The molecule has 17 heteroatoms. The quantitative estimate of drug-likeness (QED) is 0.0492. The van der Waals surface area contributed by atoms with Crippen molar-refractivity contribution in [1.29, 1.82) is 0 Å². The lowest BCUT2D eigenvalue weighted by molar-refractivity contribution is -0.403. The molecule has 0 heterocycles. The minimum absolute atomic E-state index is 0.0219. The third kappa shape index (κ3) is 17.4. The van der Waals surface area contributed by atoms with Crippen LogP contribution < -0.4 is 36.6 Å². The van der Waals surface area contributed by atoms with Gasteiger partial charge in [-0.15, -0.1) is 0 Å². The van der Waals surface area contributed by atoms with Gasteiger partial charge < -0.3 is 46.9 Å².